The molecule has 2 rings (SSSR count). The lowest BCUT2D eigenvalue weighted by atomic mass is 10.1. The lowest BCUT2D eigenvalue weighted by Gasteiger charge is -1.98. The van der Waals surface area contributed by atoms with Gasteiger partial charge in [-0.2, -0.15) is 5.10 Å². The Morgan fingerprint density at radius 1 is 1.50 bits per heavy atom. The topological polar surface area (TPSA) is 55.1 Å². The molecule has 0 unspecified atom stereocenters. The van der Waals surface area contributed by atoms with Gasteiger partial charge in [0.25, 0.3) is 0 Å². The number of carbonyl (C=O) groups is 1. The van der Waals surface area contributed by atoms with Gasteiger partial charge in [0.05, 0.1) is 11.9 Å². The van der Waals surface area contributed by atoms with E-state index in [0.717, 1.165) is 28.7 Å². The molecule has 84 valence electrons. The van der Waals surface area contributed by atoms with Gasteiger partial charge >= 0.3 is 5.97 Å². The van der Waals surface area contributed by atoms with Gasteiger partial charge in [-0.25, -0.2) is 0 Å². The first-order chi connectivity index (χ1) is 7.61. The van der Waals surface area contributed by atoms with Crippen LogP contribution in [0.4, 0.5) is 0 Å². The Morgan fingerprint density at radius 2 is 2.25 bits per heavy atom. The van der Waals surface area contributed by atoms with Gasteiger partial charge in [-0.1, -0.05) is 6.07 Å². The third-order valence-electron chi connectivity index (χ3n) is 2.72. The molecule has 0 radical (unpaired) electrons. The van der Waals surface area contributed by atoms with Crippen molar-refractivity contribution in [1.82, 2.24) is 9.78 Å². The average molecular weight is 218 g/mol. The van der Waals surface area contributed by atoms with Crippen LogP contribution < -0.4 is 0 Å². The Morgan fingerprint density at radius 3 is 2.88 bits per heavy atom. The summed E-state index contributed by atoms with van der Waals surface area (Å²) in [5.74, 6) is -0.806. The van der Waals surface area contributed by atoms with Gasteiger partial charge in [0.15, 0.2) is 0 Å². The first-order valence-electron chi connectivity index (χ1n) is 5.29. The number of nitrogens with zero attached hydrogens (tertiary/aromatic N) is 2. The molecule has 4 heteroatoms. The molecule has 0 bridgehead atoms. The minimum absolute atomic E-state index is 0.0622. The van der Waals surface area contributed by atoms with E-state index in [0.29, 0.717) is 0 Å². The van der Waals surface area contributed by atoms with Crippen molar-refractivity contribution in [3.05, 3.63) is 29.5 Å². The van der Waals surface area contributed by atoms with Crippen LogP contribution in [-0.4, -0.2) is 20.9 Å². The number of aliphatic carboxylic acids is 1. The minimum Gasteiger partial charge on any atom is -0.481 e. The van der Waals surface area contributed by atoms with Gasteiger partial charge in [-0.15, -0.1) is 0 Å². The van der Waals surface area contributed by atoms with Crippen molar-refractivity contribution in [2.24, 2.45) is 0 Å². The monoisotopic (exact) mass is 218 g/mol. The second kappa shape index (κ2) is 3.96. The molecule has 0 saturated heterocycles. The largest absolute Gasteiger partial charge is 0.481 e. The summed E-state index contributed by atoms with van der Waals surface area (Å²) in [5.41, 5.74) is 2.83. The number of rotatable bonds is 3. The van der Waals surface area contributed by atoms with E-state index in [-0.39, 0.29) is 6.42 Å². The minimum atomic E-state index is -0.806. The van der Waals surface area contributed by atoms with Gasteiger partial charge < -0.3 is 5.11 Å². The molecular formula is C12H14N2O2. The smallest absolute Gasteiger partial charge is 0.307 e. The highest BCUT2D eigenvalue weighted by molar-refractivity contribution is 5.83. The number of hydrogen-bond acceptors (Lipinski definition) is 2. The molecule has 0 aliphatic rings. The van der Waals surface area contributed by atoms with Crippen LogP contribution in [-0.2, 0) is 17.8 Å². The van der Waals surface area contributed by atoms with E-state index in [1.54, 1.807) is 0 Å². The highest BCUT2D eigenvalue weighted by Gasteiger charge is 2.08. The molecule has 0 aliphatic carbocycles. The third kappa shape index (κ3) is 1.78. The summed E-state index contributed by atoms with van der Waals surface area (Å²) in [4.78, 5) is 10.6. The lowest BCUT2D eigenvalue weighted by Crippen LogP contribution is -1.99. The standard InChI is InChI=1S/C12H14N2O2/c1-3-14-8(2)10-6-9(7-12(15)16)4-5-11(10)13-14/h4-6H,3,7H2,1-2H3,(H,15,16). The zero-order valence-electron chi connectivity index (χ0n) is 9.40. The highest BCUT2D eigenvalue weighted by Crippen LogP contribution is 2.19. The average Bonchev–Trinajstić information content (AvgIpc) is 2.55. The number of hydrogen-bond donors (Lipinski definition) is 1. The number of carboxylic acids is 1. The van der Waals surface area contributed by atoms with Crippen LogP contribution in [0.3, 0.4) is 0 Å². The van der Waals surface area contributed by atoms with Gasteiger partial charge in [0.1, 0.15) is 0 Å². The van der Waals surface area contributed by atoms with Gasteiger partial charge in [-0.05, 0) is 31.5 Å². The van der Waals surface area contributed by atoms with E-state index < -0.39 is 5.97 Å². The van der Waals surface area contributed by atoms with Gasteiger partial charge in [0.2, 0.25) is 0 Å². The normalized spacial score (nSPS) is 10.9. The summed E-state index contributed by atoms with van der Waals surface area (Å²) in [6.07, 6.45) is 0.0622. The van der Waals surface area contributed by atoms with E-state index >= 15 is 0 Å². The Balaban J connectivity index is 2.52. The third-order valence-corrected chi connectivity index (χ3v) is 2.72. The Hall–Kier alpha value is -1.84. The van der Waals surface area contributed by atoms with E-state index in [4.69, 9.17) is 5.11 Å². The number of carboxylic acid groups (broad SMARTS) is 1. The van der Waals surface area contributed by atoms with Gasteiger partial charge in [0, 0.05) is 17.6 Å². The van der Waals surface area contributed by atoms with E-state index in [9.17, 15) is 4.79 Å². The highest BCUT2D eigenvalue weighted by atomic mass is 16.4. The molecular weight excluding hydrogens is 204 g/mol. The quantitative estimate of drug-likeness (QED) is 0.857. The summed E-state index contributed by atoms with van der Waals surface area (Å²) in [6, 6.07) is 5.62. The van der Waals surface area contributed by atoms with Crippen molar-refractivity contribution in [3.63, 3.8) is 0 Å². The molecule has 4 nitrogen and oxygen atoms in total. The maximum Gasteiger partial charge on any atom is 0.307 e. The van der Waals surface area contributed by atoms with Crippen molar-refractivity contribution in [2.45, 2.75) is 26.8 Å². The predicted octanol–water partition coefficient (Wildman–Crippen LogP) is 1.99. The molecule has 0 fully saturated rings. The molecule has 1 aromatic heterocycles. The van der Waals surface area contributed by atoms with Crippen LogP contribution in [0.25, 0.3) is 10.9 Å². The maximum absolute atomic E-state index is 10.6. The summed E-state index contributed by atoms with van der Waals surface area (Å²) in [6.45, 7) is 4.87. The second-order valence-corrected chi connectivity index (χ2v) is 3.82. The van der Waals surface area contributed by atoms with E-state index in [2.05, 4.69) is 5.10 Å². The van der Waals surface area contributed by atoms with Crippen LogP contribution in [0.15, 0.2) is 18.2 Å². The molecule has 0 spiro atoms. The lowest BCUT2D eigenvalue weighted by molar-refractivity contribution is -0.136. The Kier molecular flexibility index (Phi) is 2.64. The fourth-order valence-electron chi connectivity index (χ4n) is 1.90. The van der Waals surface area contributed by atoms with Crippen molar-refractivity contribution in [1.29, 1.82) is 0 Å². The zero-order chi connectivity index (χ0) is 11.7. The van der Waals surface area contributed by atoms with Gasteiger partial charge in [-0.3, -0.25) is 9.48 Å². The van der Waals surface area contributed by atoms with Crippen LogP contribution in [0.1, 0.15) is 18.2 Å². The van der Waals surface area contributed by atoms with Crippen LogP contribution >= 0.6 is 0 Å². The number of aryl methyl sites for hydroxylation is 2. The number of fused-ring (bicyclic) bond motifs is 1. The summed E-state index contributed by atoms with van der Waals surface area (Å²) in [7, 11) is 0. The first kappa shape index (κ1) is 10.7. The predicted molar refractivity (Wildman–Crippen MR) is 61.5 cm³/mol. The number of benzene rings is 1. The second-order valence-electron chi connectivity index (χ2n) is 3.82. The van der Waals surface area contributed by atoms with Crippen molar-refractivity contribution >= 4 is 16.9 Å². The van der Waals surface area contributed by atoms with Crippen molar-refractivity contribution < 1.29 is 9.90 Å². The van der Waals surface area contributed by atoms with Crippen molar-refractivity contribution in [3.8, 4) is 0 Å². The Labute approximate surface area is 93.5 Å². The van der Waals surface area contributed by atoms with Crippen LogP contribution in [0, 0.1) is 6.92 Å². The molecule has 2 aromatic rings. The maximum atomic E-state index is 10.6. The molecule has 1 N–H and O–H groups in total. The molecule has 1 heterocycles. The number of aromatic nitrogens is 2. The fraction of sp³-hybridized carbons (Fsp3) is 0.333. The molecule has 0 amide bonds. The summed E-state index contributed by atoms with van der Waals surface area (Å²) in [5, 5.41) is 14.2. The van der Waals surface area contributed by atoms with E-state index in [1.165, 1.54) is 0 Å². The van der Waals surface area contributed by atoms with Crippen LogP contribution in [0.5, 0.6) is 0 Å². The van der Waals surface area contributed by atoms with E-state index in [1.807, 2.05) is 36.7 Å². The van der Waals surface area contributed by atoms with Crippen molar-refractivity contribution in [2.75, 3.05) is 0 Å². The fourth-order valence-corrected chi connectivity index (χ4v) is 1.90. The zero-order valence-corrected chi connectivity index (χ0v) is 9.40. The molecule has 0 atom stereocenters. The Bertz CT molecular complexity index is 543. The summed E-state index contributed by atoms with van der Waals surface area (Å²) >= 11 is 0. The molecule has 0 aliphatic heterocycles. The first-order valence-corrected chi connectivity index (χ1v) is 5.29. The van der Waals surface area contributed by atoms with Crippen LogP contribution in [0.2, 0.25) is 0 Å². The summed E-state index contributed by atoms with van der Waals surface area (Å²) < 4.78 is 1.93. The SMILES string of the molecule is CCn1nc2ccc(CC(=O)O)cc2c1C. The molecule has 0 saturated carbocycles. The molecule has 16 heavy (non-hydrogen) atoms. The molecule has 1 aromatic carbocycles.